The van der Waals surface area contributed by atoms with Crippen molar-refractivity contribution < 1.29 is 0 Å². The van der Waals surface area contributed by atoms with Gasteiger partial charge < -0.3 is 9.80 Å². The van der Waals surface area contributed by atoms with E-state index in [2.05, 4.69) is 56.6 Å². The molecule has 2 rings (SSSR count). The maximum atomic E-state index is 4.51. The zero-order valence-electron chi connectivity index (χ0n) is 12.1. The van der Waals surface area contributed by atoms with Gasteiger partial charge in [0.2, 0.25) is 0 Å². The molecule has 0 aromatic carbocycles. The SMILES string of the molecule is Cc1ccnc(N2CCN(CCN(C)C)CC2)c1Br. The average molecular weight is 327 g/mol. The van der Waals surface area contributed by atoms with Crippen molar-refractivity contribution in [1.29, 1.82) is 0 Å². The lowest BCUT2D eigenvalue weighted by Gasteiger charge is -2.36. The van der Waals surface area contributed by atoms with Crippen molar-refractivity contribution in [2.45, 2.75) is 6.92 Å². The third kappa shape index (κ3) is 3.91. The summed E-state index contributed by atoms with van der Waals surface area (Å²) in [6, 6.07) is 2.04. The first-order chi connectivity index (χ1) is 9.08. The Labute approximate surface area is 124 Å². The number of likely N-dealkylation sites (N-methyl/N-ethyl adjacent to an activating group) is 1. The Morgan fingerprint density at radius 3 is 2.58 bits per heavy atom. The molecule has 0 unspecified atom stereocenters. The van der Waals surface area contributed by atoms with Crippen LogP contribution < -0.4 is 4.90 Å². The molecule has 0 aliphatic carbocycles. The maximum Gasteiger partial charge on any atom is 0.143 e. The summed E-state index contributed by atoms with van der Waals surface area (Å²) in [5, 5.41) is 0. The summed E-state index contributed by atoms with van der Waals surface area (Å²) in [4.78, 5) is 11.7. The highest BCUT2D eigenvalue weighted by molar-refractivity contribution is 9.10. The third-order valence-electron chi connectivity index (χ3n) is 3.60. The smallest absolute Gasteiger partial charge is 0.143 e. The van der Waals surface area contributed by atoms with Crippen molar-refractivity contribution in [1.82, 2.24) is 14.8 Å². The standard InChI is InChI=1S/C14H23BrN4/c1-12-4-5-16-14(13(12)15)19-10-8-18(9-11-19)7-6-17(2)3/h4-5H,6-11H2,1-3H3. The second-order valence-corrected chi connectivity index (χ2v) is 6.19. The van der Waals surface area contributed by atoms with Crippen LogP contribution >= 0.6 is 15.9 Å². The van der Waals surface area contributed by atoms with Crippen molar-refractivity contribution in [2.24, 2.45) is 0 Å². The van der Waals surface area contributed by atoms with Gasteiger partial charge in [0, 0.05) is 45.5 Å². The van der Waals surface area contributed by atoms with Crippen LogP contribution in [0.25, 0.3) is 0 Å². The highest BCUT2D eigenvalue weighted by atomic mass is 79.9. The fourth-order valence-electron chi connectivity index (χ4n) is 2.27. The molecule has 1 aromatic rings. The largest absolute Gasteiger partial charge is 0.353 e. The zero-order valence-corrected chi connectivity index (χ0v) is 13.7. The second-order valence-electron chi connectivity index (χ2n) is 5.40. The molecule has 0 N–H and O–H groups in total. The molecule has 106 valence electrons. The lowest BCUT2D eigenvalue weighted by atomic mass is 10.2. The molecule has 1 aliphatic heterocycles. The van der Waals surface area contributed by atoms with E-state index >= 15 is 0 Å². The Bertz CT molecular complexity index is 414. The van der Waals surface area contributed by atoms with Gasteiger partial charge in [0.05, 0.1) is 4.47 Å². The van der Waals surface area contributed by atoms with Gasteiger partial charge in [-0.15, -0.1) is 0 Å². The highest BCUT2D eigenvalue weighted by Crippen LogP contribution is 2.27. The van der Waals surface area contributed by atoms with E-state index in [0.29, 0.717) is 0 Å². The summed E-state index contributed by atoms with van der Waals surface area (Å²) >= 11 is 3.66. The maximum absolute atomic E-state index is 4.51. The molecular weight excluding hydrogens is 304 g/mol. The van der Waals surface area contributed by atoms with E-state index in [1.165, 1.54) is 5.56 Å². The number of hydrogen-bond acceptors (Lipinski definition) is 4. The van der Waals surface area contributed by atoms with Gasteiger partial charge in [-0.25, -0.2) is 4.98 Å². The fourth-order valence-corrected chi connectivity index (χ4v) is 2.76. The quantitative estimate of drug-likeness (QED) is 0.842. The van der Waals surface area contributed by atoms with Crippen LogP contribution in [0.15, 0.2) is 16.7 Å². The zero-order chi connectivity index (χ0) is 13.8. The lowest BCUT2D eigenvalue weighted by molar-refractivity contribution is 0.229. The van der Waals surface area contributed by atoms with E-state index in [4.69, 9.17) is 0 Å². The van der Waals surface area contributed by atoms with E-state index in [1.807, 2.05) is 12.3 Å². The molecule has 1 aliphatic rings. The first-order valence-electron chi connectivity index (χ1n) is 6.81. The number of halogens is 1. The molecule has 1 aromatic heterocycles. The van der Waals surface area contributed by atoms with Crippen LogP contribution in [0.5, 0.6) is 0 Å². The number of anilines is 1. The molecule has 0 spiro atoms. The summed E-state index contributed by atoms with van der Waals surface area (Å²) in [6.45, 7) is 8.76. The van der Waals surface area contributed by atoms with Crippen molar-refractivity contribution in [3.63, 3.8) is 0 Å². The van der Waals surface area contributed by atoms with Crippen molar-refractivity contribution in [3.05, 3.63) is 22.3 Å². The molecule has 0 saturated carbocycles. The van der Waals surface area contributed by atoms with Crippen LogP contribution in [0.4, 0.5) is 5.82 Å². The van der Waals surface area contributed by atoms with Crippen LogP contribution in [0.1, 0.15) is 5.56 Å². The molecule has 0 amide bonds. The van der Waals surface area contributed by atoms with Gasteiger partial charge in [-0.1, -0.05) is 0 Å². The Morgan fingerprint density at radius 2 is 1.95 bits per heavy atom. The number of aryl methyl sites for hydroxylation is 1. The number of hydrogen-bond donors (Lipinski definition) is 0. The molecule has 0 bridgehead atoms. The molecule has 4 nitrogen and oxygen atoms in total. The molecule has 5 heteroatoms. The van der Waals surface area contributed by atoms with E-state index in [-0.39, 0.29) is 0 Å². The number of rotatable bonds is 4. The van der Waals surface area contributed by atoms with E-state index < -0.39 is 0 Å². The Kier molecular flexibility index (Phi) is 5.19. The normalized spacial score (nSPS) is 17.2. The van der Waals surface area contributed by atoms with Crippen molar-refractivity contribution in [3.8, 4) is 0 Å². The van der Waals surface area contributed by atoms with Gasteiger partial charge in [0.25, 0.3) is 0 Å². The topological polar surface area (TPSA) is 22.6 Å². The molecule has 19 heavy (non-hydrogen) atoms. The minimum atomic E-state index is 1.06. The van der Waals surface area contributed by atoms with Gasteiger partial charge in [-0.3, -0.25) is 4.90 Å². The number of aromatic nitrogens is 1. The summed E-state index contributed by atoms with van der Waals surface area (Å²) < 4.78 is 1.14. The van der Waals surface area contributed by atoms with Gasteiger partial charge >= 0.3 is 0 Å². The third-order valence-corrected chi connectivity index (χ3v) is 4.58. The minimum Gasteiger partial charge on any atom is -0.353 e. The van der Waals surface area contributed by atoms with Crippen LogP contribution in [0.2, 0.25) is 0 Å². The summed E-state index contributed by atoms with van der Waals surface area (Å²) in [6.07, 6.45) is 1.90. The van der Waals surface area contributed by atoms with E-state index in [1.54, 1.807) is 0 Å². The second kappa shape index (κ2) is 6.68. The first-order valence-corrected chi connectivity index (χ1v) is 7.60. The Hall–Kier alpha value is -0.650. The highest BCUT2D eigenvalue weighted by Gasteiger charge is 2.19. The van der Waals surface area contributed by atoms with E-state index in [0.717, 1.165) is 49.6 Å². The number of piperazine rings is 1. The first kappa shape index (κ1) is 14.8. The minimum absolute atomic E-state index is 1.06. The van der Waals surface area contributed by atoms with Gasteiger partial charge in [0.1, 0.15) is 5.82 Å². The number of nitrogens with zero attached hydrogens (tertiary/aromatic N) is 4. The van der Waals surface area contributed by atoms with Crippen LogP contribution in [0.3, 0.4) is 0 Å². The monoisotopic (exact) mass is 326 g/mol. The summed E-state index contributed by atoms with van der Waals surface area (Å²) in [5.41, 5.74) is 1.25. The molecular formula is C14H23BrN4. The van der Waals surface area contributed by atoms with Gasteiger partial charge in [-0.05, 0) is 48.6 Å². The Morgan fingerprint density at radius 1 is 1.26 bits per heavy atom. The fraction of sp³-hybridized carbons (Fsp3) is 0.643. The molecule has 1 fully saturated rings. The molecule has 1 saturated heterocycles. The van der Waals surface area contributed by atoms with Gasteiger partial charge in [-0.2, -0.15) is 0 Å². The predicted octanol–water partition coefficient (Wildman–Crippen LogP) is 1.84. The van der Waals surface area contributed by atoms with Gasteiger partial charge in [0.15, 0.2) is 0 Å². The van der Waals surface area contributed by atoms with E-state index in [9.17, 15) is 0 Å². The molecule has 2 heterocycles. The molecule has 0 radical (unpaired) electrons. The van der Waals surface area contributed by atoms with Crippen LogP contribution in [0, 0.1) is 6.92 Å². The number of pyridine rings is 1. The Balaban J connectivity index is 1.91. The summed E-state index contributed by atoms with van der Waals surface area (Å²) in [7, 11) is 4.26. The van der Waals surface area contributed by atoms with Crippen LogP contribution in [-0.4, -0.2) is 68.1 Å². The average Bonchev–Trinajstić information content (AvgIpc) is 2.40. The van der Waals surface area contributed by atoms with Crippen LogP contribution in [-0.2, 0) is 0 Å². The summed E-state index contributed by atoms with van der Waals surface area (Å²) in [5.74, 6) is 1.09. The predicted molar refractivity (Wildman–Crippen MR) is 83.9 cm³/mol. The van der Waals surface area contributed by atoms with Crippen molar-refractivity contribution >= 4 is 21.7 Å². The van der Waals surface area contributed by atoms with Crippen molar-refractivity contribution in [2.75, 3.05) is 58.3 Å². The molecule has 0 atom stereocenters. The lowest BCUT2D eigenvalue weighted by Crippen LogP contribution is -2.48.